The second-order valence-corrected chi connectivity index (χ2v) is 6.41. The molecule has 0 fully saturated rings. The van der Waals surface area contributed by atoms with Crippen molar-refractivity contribution in [3.63, 3.8) is 0 Å². The molecule has 0 spiro atoms. The lowest BCUT2D eigenvalue weighted by Gasteiger charge is -2.09. The van der Waals surface area contributed by atoms with Gasteiger partial charge in [0.05, 0.1) is 11.4 Å². The Kier molecular flexibility index (Phi) is 4.63. The van der Waals surface area contributed by atoms with Gasteiger partial charge in [0, 0.05) is 20.3 Å². The van der Waals surface area contributed by atoms with Gasteiger partial charge in [0.25, 0.3) is 0 Å². The van der Waals surface area contributed by atoms with E-state index in [0.29, 0.717) is 0 Å². The third-order valence-electron chi connectivity index (χ3n) is 3.38. The van der Waals surface area contributed by atoms with Gasteiger partial charge in [-0.25, -0.2) is 10.4 Å². The number of hydrogen-bond donors (Lipinski definition) is 1. The summed E-state index contributed by atoms with van der Waals surface area (Å²) in [6.07, 6.45) is 1.95. The molecule has 0 aliphatic rings. The summed E-state index contributed by atoms with van der Waals surface area (Å²) >= 11 is 1.73. The second kappa shape index (κ2) is 6.83. The first-order valence-electron chi connectivity index (χ1n) is 7.24. The molecule has 0 saturated heterocycles. The molecule has 0 aliphatic heterocycles. The Labute approximate surface area is 135 Å². The van der Waals surface area contributed by atoms with E-state index in [1.54, 1.807) is 11.3 Å². The van der Waals surface area contributed by atoms with Crippen LogP contribution in [0, 0.1) is 0 Å². The normalized spacial score (nSPS) is 11.0. The highest BCUT2D eigenvalue weighted by atomic mass is 32.1. The Morgan fingerprint density at radius 2 is 1.55 bits per heavy atom. The average molecular weight is 309 g/mol. The minimum Gasteiger partial charge on any atom is -0.250 e. The summed E-state index contributed by atoms with van der Waals surface area (Å²) in [5, 5.41) is 3.03. The highest BCUT2D eigenvalue weighted by molar-refractivity contribution is 7.15. The van der Waals surface area contributed by atoms with E-state index in [9.17, 15) is 0 Å². The van der Waals surface area contributed by atoms with E-state index in [0.717, 1.165) is 11.6 Å². The van der Waals surface area contributed by atoms with Crippen molar-refractivity contribution in [3.05, 3.63) is 65.8 Å². The van der Waals surface area contributed by atoms with Crippen LogP contribution in [0.5, 0.6) is 0 Å². The first kappa shape index (κ1) is 14.9. The van der Waals surface area contributed by atoms with Crippen molar-refractivity contribution >= 4 is 11.3 Å². The number of hydrazine groups is 1. The van der Waals surface area contributed by atoms with Crippen LogP contribution in [0.1, 0.15) is 5.01 Å². The summed E-state index contributed by atoms with van der Waals surface area (Å²) in [4.78, 5) is 5.68. The van der Waals surface area contributed by atoms with Gasteiger partial charge in [-0.1, -0.05) is 54.6 Å². The molecule has 0 aliphatic carbocycles. The molecule has 3 aromatic rings. The smallest absolute Gasteiger partial charge is 0.108 e. The zero-order valence-electron chi connectivity index (χ0n) is 12.8. The van der Waals surface area contributed by atoms with Crippen LogP contribution in [0.3, 0.4) is 0 Å². The molecule has 112 valence electrons. The first-order valence-corrected chi connectivity index (χ1v) is 8.05. The van der Waals surface area contributed by atoms with E-state index in [1.165, 1.54) is 21.6 Å². The Hall–Kier alpha value is -2.01. The molecule has 1 N–H and O–H groups in total. The first-order chi connectivity index (χ1) is 10.7. The number of nitrogens with zero attached hydrogens (tertiary/aromatic N) is 2. The van der Waals surface area contributed by atoms with Crippen LogP contribution in [0.25, 0.3) is 21.6 Å². The van der Waals surface area contributed by atoms with E-state index in [2.05, 4.69) is 58.9 Å². The maximum Gasteiger partial charge on any atom is 0.108 e. The minimum absolute atomic E-state index is 0.764. The lowest BCUT2D eigenvalue weighted by molar-refractivity contribution is 0.286. The van der Waals surface area contributed by atoms with Gasteiger partial charge in [-0.15, -0.1) is 11.3 Å². The van der Waals surface area contributed by atoms with Crippen molar-refractivity contribution in [1.82, 2.24) is 15.4 Å². The molecular formula is C18H19N3S. The molecule has 0 bridgehead atoms. The van der Waals surface area contributed by atoms with Gasteiger partial charge in [-0.05, 0) is 16.7 Å². The monoisotopic (exact) mass is 309 g/mol. The number of thiazole rings is 1. The Morgan fingerprint density at radius 1 is 0.909 bits per heavy atom. The lowest BCUT2D eigenvalue weighted by atomic mass is 10.0. The summed E-state index contributed by atoms with van der Waals surface area (Å²) < 4.78 is 0. The highest BCUT2D eigenvalue weighted by Crippen LogP contribution is 2.28. The maximum absolute atomic E-state index is 4.47. The van der Waals surface area contributed by atoms with E-state index in [-0.39, 0.29) is 0 Å². The predicted molar refractivity (Wildman–Crippen MR) is 93.5 cm³/mol. The molecule has 1 heterocycles. The van der Waals surface area contributed by atoms with Gasteiger partial charge in [-0.2, -0.15) is 0 Å². The molecule has 0 saturated carbocycles. The fourth-order valence-electron chi connectivity index (χ4n) is 2.21. The fourth-order valence-corrected chi connectivity index (χ4v) is 3.06. The van der Waals surface area contributed by atoms with E-state index in [1.807, 2.05) is 31.4 Å². The van der Waals surface area contributed by atoms with Crippen molar-refractivity contribution < 1.29 is 0 Å². The molecule has 0 radical (unpaired) electrons. The molecule has 0 unspecified atom stereocenters. The number of hydrogen-bond acceptors (Lipinski definition) is 4. The molecule has 0 amide bonds. The molecule has 0 atom stereocenters. The summed E-state index contributed by atoms with van der Waals surface area (Å²) in [5.74, 6) is 0. The average Bonchev–Trinajstić information content (AvgIpc) is 3.03. The van der Waals surface area contributed by atoms with Crippen molar-refractivity contribution in [1.29, 1.82) is 0 Å². The standard InChI is InChI=1S/C18H19N3S/c1-21(2)20-13-18-19-12-17(22-18)16-10-8-15(9-11-16)14-6-4-3-5-7-14/h3-12,20H,13H2,1-2H3. The molecular weight excluding hydrogens is 290 g/mol. The third-order valence-corrected chi connectivity index (χ3v) is 4.42. The SMILES string of the molecule is CN(C)NCc1ncc(-c2ccc(-c3ccccc3)cc2)s1. The van der Waals surface area contributed by atoms with Crippen LogP contribution in [-0.4, -0.2) is 24.1 Å². The topological polar surface area (TPSA) is 28.2 Å². The largest absolute Gasteiger partial charge is 0.250 e. The Bertz CT molecular complexity index is 718. The van der Waals surface area contributed by atoms with Gasteiger partial charge in [0.1, 0.15) is 5.01 Å². The predicted octanol–water partition coefficient (Wildman–Crippen LogP) is 4.04. The molecule has 2 aromatic carbocycles. The zero-order chi connectivity index (χ0) is 15.4. The van der Waals surface area contributed by atoms with Crippen LogP contribution in [0.15, 0.2) is 60.8 Å². The third kappa shape index (κ3) is 3.60. The molecule has 3 rings (SSSR count). The number of aromatic nitrogens is 1. The Balaban J connectivity index is 1.76. The van der Waals surface area contributed by atoms with Gasteiger partial charge < -0.3 is 0 Å². The van der Waals surface area contributed by atoms with Crippen LogP contribution >= 0.6 is 11.3 Å². The minimum atomic E-state index is 0.764. The summed E-state index contributed by atoms with van der Waals surface area (Å²) in [5.41, 5.74) is 6.94. The van der Waals surface area contributed by atoms with Crippen LogP contribution in [-0.2, 0) is 6.54 Å². The van der Waals surface area contributed by atoms with E-state index >= 15 is 0 Å². The Morgan fingerprint density at radius 3 is 2.23 bits per heavy atom. The van der Waals surface area contributed by atoms with Crippen LogP contribution in [0.4, 0.5) is 0 Å². The van der Waals surface area contributed by atoms with Crippen molar-refractivity contribution in [2.24, 2.45) is 0 Å². The van der Waals surface area contributed by atoms with Crippen molar-refractivity contribution in [2.45, 2.75) is 6.54 Å². The highest BCUT2D eigenvalue weighted by Gasteiger charge is 2.05. The van der Waals surface area contributed by atoms with Gasteiger partial charge >= 0.3 is 0 Å². The molecule has 4 heteroatoms. The zero-order valence-corrected chi connectivity index (χ0v) is 13.6. The van der Waals surface area contributed by atoms with Gasteiger partial charge in [0.2, 0.25) is 0 Å². The van der Waals surface area contributed by atoms with Gasteiger partial charge in [0.15, 0.2) is 0 Å². The van der Waals surface area contributed by atoms with Crippen molar-refractivity contribution in [3.8, 4) is 21.6 Å². The van der Waals surface area contributed by atoms with Crippen molar-refractivity contribution in [2.75, 3.05) is 14.1 Å². The van der Waals surface area contributed by atoms with Gasteiger partial charge in [-0.3, -0.25) is 5.01 Å². The summed E-state index contributed by atoms with van der Waals surface area (Å²) in [7, 11) is 3.97. The lowest BCUT2D eigenvalue weighted by Crippen LogP contribution is -2.29. The summed E-state index contributed by atoms with van der Waals surface area (Å²) in [6.45, 7) is 0.764. The maximum atomic E-state index is 4.47. The van der Waals surface area contributed by atoms with E-state index < -0.39 is 0 Å². The quantitative estimate of drug-likeness (QED) is 0.721. The molecule has 3 nitrogen and oxygen atoms in total. The summed E-state index contributed by atoms with van der Waals surface area (Å²) in [6, 6.07) is 19.1. The number of nitrogens with one attached hydrogen (secondary N) is 1. The molecule has 1 aromatic heterocycles. The number of rotatable bonds is 5. The van der Waals surface area contributed by atoms with Crippen LogP contribution < -0.4 is 5.43 Å². The van der Waals surface area contributed by atoms with E-state index in [4.69, 9.17) is 0 Å². The fraction of sp³-hybridized carbons (Fsp3) is 0.167. The second-order valence-electron chi connectivity index (χ2n) is 5.29. The molecule has 22 heavy (non-hydrogen) atoms. The number of benzene rings is 2. The van der Waals surface area contributed by atoms with Crippen LogP contribution in [0.2, 0.25) is 0 Å².